The highest BCUT2D eigenvalue weighted by Gasteiger charge is 2.24. The molecule has 1 aliphatic heterocycles. The van der Waals surface area contributed by atoms with Crippen LogP contribution in [0.3, 0.4) is 0 Å². The van der Waals surface area contributed by atoms with Crippen molar-refractivity contribution >= 4 is 33.5 Å². The molecule has 7 nitrogen and oxygen atoms in total. The number of rotatable bonds is 3. The van der Waals surface area contributed by atoms with E-state index in [4.69, 9.17) is 0 Å². The van der Waals surface area contributed by atoms with E-state index >= 15 is 0 Å². The summed E-state index contributed by atoms with van der Waals surface area (Å²) in [6.45, 7) is 2.88. The lowest BCUT2D eigenvalue weighted by Crippen LogP contribution is -2.49. The average Bonchev–Trinajstić information content (AvgIpc) is 3.15. The molecule has 3 heterocycles. The molecule has 0 saturated carbocycles. The molecule has 4 aromatic rings. The van der Waals surface area contributed by atoms with Crippen molar-refractivity contribution in [2.24, 2.45) is 7.05 Å². The van der Waals surface area contributed by atoms with E-state index in [0.29, 0.717) is 19.5 Å². The molecule has 1 saturated heterocycles. The smallest absolute Gasteiger partial charge is 0.227 e. The summed E-state index contributed by atoms with van der Waals surface area (Å²) < 4.78 is 1.75. The number of aromatic nitrogens is 4. The second-order valence-electron chi connectivity index (χ2n) is 7.39. The monoisotopic (exact) mass is 386 g/mol. The Morgan fingerprint density at radius 2 is 1.76 bits per heavy atom. The SMILES string of the molecule is Cn1ncc2c(N3CCN(C(=O)Cc4cccc5ccccc45)CC3)ncnc21. The molecule has 0 bridgehead atoms. The molecular formula is C22H22N6O. The highest BCUT2D eigenvalue weighted by molar-refractivity contribution is 5.90. The third-order valence-electron chi connectivity index (χ3n) is 5.66. The van der Waals surface area contributed by atoms with Crippen molar-refractivity contribution < 1.29 is 4.79 Å². The van der Waals surface area contributed by atoms with Crippen LogP contribution in [0.15, 0.2) is 55.0 Å². The minimum atomic E-state index is 0.176. The number of hydrogen-bond donors (Lipinski definition) is 0. The number of nitrogens with zero attached hydrogens (tertiary/aromatic N) is 6. The maximum absolute atomic E-state index is 12.9. The van der Waals surface area contributed by atoms with Crippen LogP contribution in [0.25, 0.3) is 21.8 Å². The second kappa shape index (κ2) is 7.16. The summed E-state index contributed by atoms with van der Waals surface area (Å²) >= 11 is 0. The topological polar surface area (TPSA) is 67.2 Å². The van der Waals surface area contributed by atoms with Gasteiger partial charge < -0.3 is 9.80 Å². The molecule has 0 atom stereocenters. The number of amides is 1. The Labute approximate surface area is 168 Å². The highest BCUT2D eigenvalue weighted by atomic mass is 16.2. The largest absolute Gasteiger partial charge is 0.352 e. The van der Waals surface area contributed by atoms with E-state index < -0.39 is 0 Å². The molecule has 1 fully saturated rings. The van der Waals surface area contributed by atoms with Crippen molar-refractivity contribution in [1.29, 1.82) is 0 Å². The quantitative estimate of drug-likeness (QED) is 0.541. The minimum Gasteiger partial charge on any atom is -0.352 e. The molecule has 146 valence electrons. The van der Waals surface area contributed by atoms with Crippen LogP contribution in [0.5, 0.6) is 0 Å². The molecule has 0 unspecified atom stereocenters. The molecule has 7 heteroatoms. The van der Waals surface area contributed by atoms with E-state index in [-0.39, 0.29) is 5.91 Å². The van der Waals surface area contributed by atoms with E-state index in [1.165, 1.54) is 5.39 Å². The molecule has 0 radical (unpaired) electrons. The first-order valence-corrected chi connectivity index (χ1v) is 9.83. The van der Waals surface area contributed by atoms with Crippen LogP contribution in [0.4, 0.5) is 5.82 Å². The Morgan fingerprint density at radius 1 is 0.966 bits per heavy atom. The zero-order valence-electron chi connectivity index (χ0n) is 16.3. The molecule has 29 heavy (non-hydrogen) atoms. The maximum Gasteiger partial charge on any atom is 0.227 e. The zero-order valence-corrected chi connectivity index (χ0v) is 16.3. The van der Waals surface area contributed by atoms with Gasteiger partial charge >= 0.3 is 0 Å². The Kier molecular flexibility index (Phi) is 4.35. The number of benzene rings is 2. The van der Waals surface area contributed by atoms with Crippen molar-refractivity contribution in [3.05, 3.63) is 60.6 Å². The Bertz CT molecular complexity index is 1190. The Hall–Kier alpha value is -3.48. The first-order valence-electron chi connectivity index (χ1n) is 9.83. The number of anilines is 1. The molecule has 0 aliphatic carbocycles. The molecule has 1 amide bonds. The summed E-state index contributed by atoms with van der Waals surface area (Å²) in [6, 6.07) is 14.4. The predicted octanol–water partition coefficient (Wildman–Crippen LogP) is 2.41. The van der Waals surface area contributed by atoms with Crippen molar-refractivity contribution in [2.45, 2.75) is 6.42 Å². The summed E-state index contributed by atoms with van der Waals surface area (Å²) in [4.78, 5) is 25.9. The fraction of sp³-hybridized carbons (Fsp3) is 0.273. The minimum absolute atomic E-state index is 0.176. The van der Waals surface area contributed by atoms with Crippen LogP contribution in [0.1, 0.15) is 5.56 Å². The van der Waals surface area contributed by atoms with Crippen molar-refractivity contribution in [1.82, 2.24) is 24.6 Å². The molecule has 0 spiro atoms. The van der Waals surface area contributed by atoms with Crippen LogP contribution in [0.2, 0.25) is 0 Å². The Morgan fingerprint density at radius 3 is 2.62 bits per heavy atom. The van der Waals surface area contributed by atoms with E-state index in [9.17, 15) is 4.79 Å². The van der Waals surface area contributed by atoms with Gasteiger partial charge in [0.15, 0.2) is 5.65 Å². The van der Waals surface area contributed by atoms with Gasteiger partial charge in [-0.1, -0.05) is 42.5 Å². The second-order valence-corrected chi connectivity index (χ2v) is 7.39. The van der Waals surface area contributed by atoms with Gasteiger partial charge in [0.05, 0.1) is 18.0 Å². The number of piperazine rings is 1. The maximum atomic E-state index is 12.9. The number of aryl methyl sites for hydroxylation is 1. The van der Waals surface area contributed by atoms with Crippen LogP contribution in [0, 0.1) is 0 Å². The van der Waals surface area contributed by atoms with E-state index in [1.54, 1.807) is 11.0 Å². The lowest BCUT2D eigenvalue weighted by Gasteiger charge is -2.35. The van der Waals surface area contributed by atoms with E-state index in [0.717, 1.165) is 40.9 Å². The van der Waals surface area contributed by atoms with Crippen LogP contribution >= 0.6 is 0 Å². The zero-order chi connectivity index (χ0) is 19.8. The van der Waals surface area contributed by atoms with Gasteiger partial charge in [0, 0.05) is 33.2 Å². The van der Waals surface area contributed by atoms with Crippen LogP contribution in [-0.2, 0) is 18.3 Å². The van der Waals surface area contributed by atoms with Gasteiger partial charge in [0.25, 0.3) is 0 Å². The predicted molar refractivity (Wildman–Crippen MR) is 113 cm³/mol. The summed E-state index contributed by atoms with van der Waals surface area (Å²) in [5.74, 6) is 1.07. The summed E-state index contributed by atoms with van der Waals surface area (Å²) in [6.07, 6.45) is 3.82. The first kappa shape index (κ1) is 17.6. The molecule has 2 aromatic carbocycles. The number of carbonyl (C=O) groups is 1. The van der Waals surface area contributed by atoms with Gasteiger partial charge in [-0.2, -0.15) is 5.10 Å². The average molecular weight is 386 g/mol. The molecule has 5 rings (SSSR count). The van der Waals surface area contributed by atoms with E-state index in [2.05, 4.69) is 44.2 Å². The van der Waals surface area contributed by atoms with Gasteiger partial charge in [0.1, 0.15) is 12.1 Å². The normalized spacial score (nSPS) is 14.7. The van der Waals surface area contributed by atoms with Gasteiger partial charge in [-0.25, -0.2) is 9.97 Å². The summed E-state index contributed by atoms with van der Waals surface area (Å²) in [7, 11) is 1.88. The van der Waals surface area contributed by atoms with Crippen molar-refractivity contribution in [3.8, 4) is 0 Å². The van der Waals surface area contributed by atoms with Crippen LogP contribution in [-0.4, -0.2) is 56.7 Å². The van der Waals surface area contributed by atoms with Gasteiger partial charge in [-0.3, -0.25) is 9.48 Å². The third-order valence-corrected chi connectivity index (χ3v) is 5.66. The summed E-state index contributed by atoms with van der Waals surface area (Å²) in [5.41, 5.74) is 1.91. The third kappa shape index (κ3) is 3.18. The van der Waals surface area contributed by atoms with Gasteiger partial charge in [-0.05, 0) is 16.3 Å². The van der Waals surface area contributed by atoms with Crippen LogP contribution < -0.4 is 4.90 Å². The lowest BCUT2D eigenvalue weighted by molar-refractivity contribution is -0.130. The molecule has 1 aliphatic rings. The summed E-state index contributed by atoms with van der Waals surface area (Å²) in [5, 5.41) is 7.57. The lowest BCUT2D eigenvalue weighted by atomic mass is 10.0. The van der Waals surface area contributed by atoms with Gasteiger partial charge in [-0.15, -0.1) is 0 Å². The van der Waals surface area contributed by atoms with Crippen molar-refractivity contribution in [2.75, 3.05) is 31.1 Å². The molecule has 0 N–H and O–H groups in total. The van der Waals surface area contributed by atoms with E-state index in [1.807, 2.05) is 36.3 Å². The number of carbonyl (C=O) groups excluding carboxylic acids is 1. The number of fused-ring (bicyclic) bond motifs is 2. The highest BCUT2D eigenvalue weighted by Crippen LogP contribution is 2.24. The fourth-order valence-corrected chi connectivity index (χ4v) is 4.09. The fourth-order valence-electron chi connectivity index (χ4n) is 4.09. The first-order chi connectivity index (χ1) is 14.2. The molecule has 2 aromatic heterocycles. The number of hydrogen-bond acceptors (Lipinski definition) is 5. The van der Waals surface area contributed by atoms with Crippen molar-refractivity contribution in [3.63, 3.8) is 0 Å². The van der Waals surface area contributed by atoms with Gasteiger partial charge in [0.2, 0.25) is 5.91 Å². The standard InChI is InChI=1S/C22H22N6O/c1-26-21-19(14-25-26)22(24-15-23-21)28-11-9-27(10-12-28)20(29)13-17-7-4-6-16-5-2-3-8-18(16)17/h2-8,14-15H,9-13H2,1H3. The Balaban J connectivity index is 1.29. The molecular weight excluding hydrogens is 364 g/mol.